The Morgan fingerprint density at radius 2 is 1.36 bits per heavy atom. The van der Waals surface area contributed by atoms with Gasteiger partial charge >= 0.3 is 5.97 Å². The van der Waals surface area contributed by atoms with Crippen LogP contribution in [0.15, 0.2) is 0 Å². The van der Waals surface area contributed by atoms with E-state index in [4.69, 9.17) is 18.9 Å². The molecule has 132 valence electrons. The predicted octanol–water partition coefficient (Wildman–Crippen LogP) is 1.72. The second-order valence-corrected chi connectivity index (χ2v) is 5.89. The topological polar surface area (TPSA) is 57.2 Å². The Bertz CT molecular complexity index is 274. The summed E-state index contributed by atoms with van der Waals surface area (Å²) in [6, 6.07) is 0. The molecule has 0 N–H and O–H groups in total. The van der Waals surface area contributed by atoms with Crippen molar-refractivity contribution in [3.8, 4) is 0 Å². The highest BCUT2D eigenvalue weighted by Crippen LogP contribution is 2.06. The van der Waals surface area contributed by atoms with Gasteiger partial charge in [0, 0.05) is 6.54 Å². The molecular formula is C16H33NO5. The average molecular weight is 319 g/mol. The van der Waals surface area contributed by atoms with Crippen molar-refractivity contribution < 1.29 is 23.7 Å². The van der Waals surface area contributed by atoms with Gasteiger partial charge in [0.1, 0.15) is 12.2 Å². The second kappa shape index (κ2) is 12.8. The zero-order valence-corrected chi connectivity index (χ0v) is 14.9. The van der Waals surface area contributed by atoms with Gasteiger partial charge < -0.3 is 23.8 Å². The standard InChI is InChI=1S/C16H33NO5/c1-6-17(7-2)8-9-19-10-11-20-12-13-21-14-15(18)22-16(3,4)5/h6-14H2,1-5H3. The van der Waals surface area contributed by atoms with Crippen molar-refractivity contribution in [2.24, 2.45) is 0 Å². The van der Waals surface area contributed by atoms with Crippen LogP contribution in [0, 0.1) is 0 Å². The third-order valence-electron chi connectivity index (χ3n) is 2.83. The third kappa shape index (κ3) is 14.3. The summed E-state index contributed by atoms with van der Waals surface area (Å²) in [7, 11) is 0. The third-order valence-corrected chi connectivity index (χ3v) is 2.83. The fourth-order valence-corrected chi connectivity index (χ4v) is 1.70. The lowest BCUT2D eigenvalue weighted by Crippen LogP contribution is -2.27. The number of hydrogen-bond acceptors (Lipinski definition) is 6. The number of esters is 1. The van der Waals surface area contributed by atoms with Crippen LogP contribution in [0.25, 0.3) is 0 Å². The Morgan fingerprint density at radius 3 is 1.86 bits per heavy atom. The maximum Gasteiger partial charge on any atom is 0.332 e. The van der Waals surface area contributed by atoms with Crippen molar-refractivity contribution >= 4 is 5.97 Å². The molecule has 0 aliphatic heterocycles. The van der Waals surface area contributed by atoms with E-state index in [2.05, 4.69) is 18.7 Å². The van der Waals surface area contributed by atoms with E-state index in [0.29, 0.717) is 26.4 Å². The van der Waals surface area contributed by atoms with E-state index >= 15 is 0 Å². The van der Waals surface area contributed by atoms with Gasteiger partial charge in [-0.15, -0.1) is 0 Å². The Hall–Kier alpha value is -0.690. The van der Waals surface area contributed by atoms with Crippen LogP contribution in [0.2, 0.25) is 0 Å². The van der Waals surface area contributed by atoms with Crippen LogP contribution in [-0.2, 0) is 23.7 Å². The molecule has 0 saturated heterocycles. The Balaban J connectivity index is 3.29. The minimum absolute atomic E-state index is 0.0407. The predicted molar refractivity (Wildman–Crippen MR) is 86.1 cm³/mol. The van der Waals surface area contributed by atoms with E-state index in [1.807, 2.05) is 20.8 Å². The molecule has 0 heterocycles. The van der Waals surface area contributed by atoms with Crippen LogP contribution < -0.4 is 0 Å². The number of carbonyl (C=O) groups is 1. The van der Waals surface area contributed by atoms with Gasteiger partial charge in [0.25, 0.3) is 0 Å². The van der Waals surface area contributed by atoms with Crippen LogP contribution in [0.4, 0.5) is 0 Å². The summed E-state index contributed by atoms with van der Waals surface area (Å²) in [5.41, 5.74) is -0.473. The second-order valence-electron chi connectivity index (χ2n) is 5.89. The van der Waals surface area contributed by atoms with Crippen LogP contribution in [0.3, 0.4) is 0 Å². The molecule has 0 fully saturated rings. The van der Waals surface area contributed by atoms with E-state index in [-0.39, 0.29) is 12.6 Å². The summed E-state index contributed by atoms with van der Waals surface area (Å²) in [6.45, 7) is 15.4. The number of carbonyl (C=O) groups excluding carboxylic acids is 1. The smallest absolute Gasteiger partial charge is 0.332 e. The number of hydrogen-bond donors (Lipinski definition) is 0. The lowest BCUT2D eigenvalue weighted by molar-refractivity contribution is -0.160. The van der Waals surface area contributed by atoms with Crippen LogP contribution in [0.5, 0.6) is 0 Å². The molecule has 0 aliphatic carbocycles. The molecule has 0 atom stereocenters. The van der Waals surface area contributed by atoms with Gasteiger partial charge in [-0.3, -0.25) is 0 Å². The van der Waals surface area contributed by atoms with Crippen molar-refractivity contribution in [2.45, 2.75) is 40.2 Å². The van der Waals surface area contributed by atoms with Crippen LogP contribution >= 0.6 is 0 Å². The van der Waals surface area contributed by atoms with E-state index in [1.165, 1.54) is 0 Å². The van der Waals surface area contributed by atoms with Crippen molar-refractivity contribution in [1.82, 2.24) is 4.90 Å². The Kier molecular flexibility index (Phi) is 12.4. The Morgan fingerprint density at radius 1 is 0.864 bits per heavy atom. The zero-order chi connectivity index (χ0) is 16.8. The van der Waals surface area contributed by atoms with E-state index < -0.39 is 5.60 Å². The number of nitrogens with zero attached hydrogens (tertiary/aromatic N) is 1. The molecular weight excluding hydrogens is 286 g/mol. The first-order chi connectivity index (χ1) is 10.4. The first kappa shape index (κ1) is 21.3. The van der Waals surface area contributed by atoms with Crippen LogP contribution in [-0.4, -0.2) is 75.7 Å². The first-order valence-electron chi connectivity index (χ1n) is 8.06. The molecule has 0 spiro atoms. The van der Waals surface area contributed by atoms with E-state index in [9.17, 15) is 4.79 Å². The van der Waals surface area contributed by atoms with E-state index in [1.54, 1.807) is 0 Å². The molecule has 0 amide bonds. The number of likely N-dealkylation sites (N-methyl/N-ethyl adjacent to an activating group) is 1. The monoisotopic (exact) mass is 319 g/mol. The van der Waals surface area contributed by atoms with Gasteiger partial charge in [0.2, 0.25) is 0 Å². The molecule has 6 nitrogen and oxygen atoms in total. The quantitative estimate of drug-likeness (QED) is 0.380. The molecule has 0 rings (SSSR count). The first-order valence-corrected chi connectivity index (χ1v) is 8.06. The molecule has 0 bridgehead atoms. The fraction of sp³-hybridized carbons (Fsp3) is 0.938. The molecule has 0 aromatic carbocycles. The highest BCUT2D eigenvalue weighted by atomic mass is 16.6. The highest BCUT2D eigenvalue weighted by Gasteiger charge is 2.15. The minimum Gasteiger partial charge on any atom is -0.458 e. The molecule has 0 aromatic rings. The molecule has 0 aromatic heterocycles. The molecule has 0 unspecified atom stereocenters. The molecule has 0 saturated carbocycles. The molecule has 0 radical (unpaired) electrons. The lowest BCUT2D eigenvalue weighted by atomic mass is 10.2. The summed E-state index contributed by atoms with van der Waals surface area (Å²) >= 11 is 0. The van der Waals surface area contributed by atoms with Crippen molar-refractivity contribution in [1.29, 1.82) is 0 Å². The SMILES string of the molecule is CCN(CC)CCOCCOCCOCC(=O)OC(C)(C)C. The Labute approximate surface area is 135 Å². The van der Waals surface area contributed by atoms with Gasteiger partial charge in [-0.2, -0.15) is 0 Å². The lowest BCUT2D eigenvalue weighted by Gasteiger charge is -2.19. The van der Waals surface area contributed by atoms with Gasteiger partial charge in [-0.1, -0.05) is 13.8 Å². The van der Waals surface area contributed by atoms with Crippen molar-refractivity contribution in [3.63, 3.8) is 0 Å². The maximum atomic E-state index is 11.4. The summed E-state index contributed by atoms with van der Waals surface area (Å²) in [5, 5.41) is 0. The normalized spacial score (nSPS) is 11.9. The van der Waals surface area contributed by atoms with Gasteiger partial charge in [0.15, 0.2) is 0 Å². The van der Waals surface area contributed by atoms with Crippen molar-refractivity contribution in [3.05, 3.63) is 0 Å². The highest BCUT2D eigenvalue weighted by molar-refractivity contribution is 5.71. The number of ether oxygens (including phenoxy) is 4. The minimum atomic E-state index is -0.473. The summed E-state index contributed by atoms with van der Waals surface area (Å²) in [6.07, 6.45) is 0. The summed E-state index contributed by atoms with van der Waals surface area (Å²) in [5.74, 6) is -0.354. The fourth-order valence-electron chi connectivity index (χ4n) is 1.70. The van der Waals surface area contributed by atoms with Crippen LogP contribution in [0.1, 0.15) is 34.6 Å². The maximum absolute atomic E-state index is 11.4. The largest absolute Gasteiger partial charge is 0.458 e. The average Bonchev–Trinajstić information content (AvgIpc) is 2.43. The van der Waals surface area contributed by atoms with Gasteiger partial charge in [0.05, 0.1) is 33.0 Å². The molecule has 0 aliphatic rings. The molecule has 22 heavy (non-hydrogen) atoms. The summed E-state index contributed by atoms with van der Waals surface area (Å²) in [4.78, 5) is 13.7. The summed E-state index contributed by atoms with van der Waals surface area (Å²) < 4.78 is 21.1. The van der Waals surface area contributed by atoms with Gasteiger partial charge in [-0.25, -0.2) is 4.79 Å². The van der Waals surface area contributed by atoms with Crippen molar-refractivity contribution in [2.75, 3.05) is 59.3 Å². The van der Waals surface area contributed by atoms with Gasteiger partial charge in [-0.05, 0) is 33.9 Å². The zero-order valence-electron chi connectivity index (χ0n) is 14.9. The molecule has 6 heteroatoms. The van der Waals surface area contributed by atoms with E-state index in [0.717, 1.165) is 26.2 Å². The number of rotatable bonds is 13.